The zero-order valence-corrected chi connectivity index (χ0v) is 8.90. The number of rotatable bonds is 4. The Kier molecular flexibility index (Phi) is 4.77. The van der Waals surface area contributed by atoms with Gasteiger partial charge < -0.3 is 14.6 Å². The molecule has 1 N–H and O–H groups in total. The summed E-state index contributed by atoms with van der Waals surface area (Å²) in [6.07, 6.45) is 0.0630. The molecule has 0 aromatic heterocycles. The van der Waals surface area contributed by atoms with Crippen LogP contribution in [0.15, 0.2) is 0 Å². The number of aliphatic carboxylic acids is 1. The highest BCUT2D eigenvalue weighted by atomic mass is 16.6. The van der Waals surface area contributed by atoms with Crippen molar-refractivity contribution in [3.05, 3.63) is 0 Å². The molecule has 0 rings (SSSR count). The molecule has 0 aromatic carbocycles. The molecule has 0 heterocycles. The number of carboxylic acids is 1. The van der Waals surface area contributed by atoms with Crippen LogP contribution in [0.2, 0.25) is 0 Å². The molecule has 1 atom stereocenters. The van der Waals surface area contributed by atoms with Gasteiger partial charge >= 0.3 is 17.9 Å². The first-order valence-corrected chi connectivity index (χ1v) is 4.50. The fourth-order valence-corrected chi connectivity index (χ4v) is 0.703. The summed E-state index contributed by atoms with van der Waals surface area (Å²) < 4.78 is 8.92. The molecule has 6 nitrogen and oxygen atoms in total. The SMILES string of the molecule is CCOC(=O)C(=O)OC(C)(CC)C(=O)O. The zero-order valence-electron chi connectivity index (χ0n) is 8.90. The van der Waals surface area contributed by atoms with Crippen LogP contribution >= 0.6 is 0 Å². The van der Waals surface area contributed by atoms with Gasteiger partial charge in [0, 0.05) is 0 Å². The molecule has 1 unspecified atom stereocenters. The first-order valence-electron chi connectivity index (χ1n) is 4.50. The standard InChI is InChI=1S/C9H14O6/c1-4-9(3,8(12)13)15-7(11)6(10)14-5-2/h4-5H2,1-3H3,(H,12,13). The fraction of sp³-hybridized carbons (Fsp3) is 0.667. The van der Waals surface area contributed by atoms with Crippen LogP contribution in [-0.4, -0.2) is 35.2 Å². The smallest absolute Gasteiger partial charge is 0.418 e. The van der Waals surface area contributed by atoms with Crippen LogP contribution in [0, 0.1) is 0 Å². The van der Waals surface area contributed by atoms with E-state index in [1.807, 2.05) is 0 Å². The van der Waals surface area contributed by atoms with Crippen LogP contribution in [0.25, 0.3) is 0 Å². The topological polar surface area (TPSA) is 89.9 Å². The van der Waals surface area contributed by atoms with Gasteiger partial charge in [0.1, 0.15) is 0 Å². The summed E-state index contributed by atoms with van der Waals surface area (Å²) in [7, 11) is 0. The van der Waals surface area contributed by atoms with E-state index in [-0.39, 0.29) is 13.0 Å². The zero-order chi connectivity index (χ0) is 12.1. The number of carbonyl (C=O) groups excluding carboxylic acids is 2. The molecule has 0 aliphatic heterocycles. The predicted octanol–water partition coefficient (Wildman–Crippen LogP) is 0.346. The second-order valence-electron chi connectivity index (χ2n) is 3.00. The molecule has 0 bridgehead atoms. The average Bonchev–Trinajstić information content (AvgIpc) is 2.17. The van der Waals surface area contributed by atoms with Crippen molar-refractivity contribution < 1.29 is 29.0 Å². The summed E-state index contributed by atoms with van der Waals surface area (Å²) in [5.41, 5.74) is -1.69. The molecule has 0 fully saturated rings. The maximum absolute atomic E-state index is 11.1. The van der Waals surface area contributed by atoms with Crippen molar-refractivity contribution in [2.75, 3.05) is 6.61 Å². The van der Waals surface area contributed by atoms with Crippen molar-refractivity contribution in [3.63, 3.8) is 0 Å². The molecule has 0 saturated carbocycles. The molecular formula is C9H14O6. The van der Waals surface area contributed by atoms with Gasteiger partial charge in [0.15, 0.2) is 0 Å². The summed E-state index contributed by atoms with van der Waals surface area (Å²) in [5, 5.41) is 8.76. The third-order valence-corrected chi connectivity index (χ3v) is 1.89. The molecule has 0 saturated heterocycles. The van der Waals surface area contributed by atoms with E-state index < -0.39 is 23.5 Å². The summed E-state index contributed by atoms with van der Waals surface area (Å²) in [5.74, 6) is -3.77. The Labute approximate surface area is 87.2 Å². The Hall–Kier alpha value is -1.59. The van der Waals surface area contributed by atoms with Crippen molar-refractivity contribution in [1.82, 2.24) is 0 Å². The second kappa shape index (κ2) is 5.33. The van der Waals surface area contributed by atoms with Gasteiger partial charge in [0.05, 0.1) is 6.61 Å². The van der Waals surface area contributed by atoms with E-state index in [1.165, 1.54) is 20.8 Å². The number of esters is 2. The number of carbonyl (C=O) groups is 3. The van der Waals surface area contributed by atoms with Crippen molar-refractivity contribution in [2.24, 2.45) is 0 Å². The van der Waals surface area contributed by atoms with E-state index in [2.05, 4.69) is 9.47 Å². The van der Waals surface area contributed by atoms with Gasteiger partial charge in [0.2, 0.25) is 5.60 Å². The Morgan fingerprint density at radius 3 is 2.07 bits per heavy atom. The molecular weight excluding hydrogens is 204 g/mol. The first-order chi connectivity index (χ1) is 6.87. The highest BCUT2D eigenvalue weighted by molar-refractivity contribution is 6.30. The number of hydrogen-bond acceptors (Lipinski definition) is 5. The van der Waals surface area contributed by atoms with Crippen LogP contribution in [0.4, 0.5) is 0 Å². The van der Waals surface area contributed by atoms with E-state index in [0.29, 0.717) is 0 Å². The summed E-state index contributed by atoms with van der Waals surface area (Å²) in [6, 6.07) is 0. The lowest BCUT2D eigenvalue weighted by atomic mass is 10.0. The lowest BCUT2D eigenvalue weighted by Gasteiger charge is -2.22. The van der Waals surface area contributed by atoms with Gasteiger partial charge in [-0.25, -0.2) is 14.4 Å². The third-order valence-electron chi connectivity index (χ3n) is 1.89. The van der Waals surface area contributed by atoms with Gasteiger partial charge in [-0.2, -0.15) is 0 Å². The molecule has 0 spiro atoms. The monoisotopic (exact) mass is 218 g/mol. The molecule has 6 heteroatoms. The van der Waals surface area contributed by atoms with E-state index in [1.54, 1.807) is 0 Å². The molecule has 0 aromatic rings. The minimum Gasteiger partial charge on any atom is -0.478 e. The highest BCUT2D eigenvalue weighted by Crippen LogP contribution is 2.15. The van der Waals surface area contributed by atoms with E-state index in [4.69, 9.17) is 5.11 Å². The van der Waals surface area contributed by atoms with Crippen LogP contribution in [0.5, 0.6) is 0 Å². The highest BCUT2D eigenvalue weighted by Gasteiger charge is 2.37. The van der Waals surface area contributed by atoms with Crippen LogP contribution in [0.3, 0.4) is 0 Å². The van der Waals surface area contributed by atoms with E-state index >= 15 is 0 Å². The average molecular weight is 218 g/mol. The molecule has 0 radical (unpaired) electrons. The lowest BCUT2D eigenvalue weighted by Crippen LogP contribution is -2.41. The number of ether oxygens (including phenoxy) is 2. The minimum atomic E-state index is -1.69. The van der Waals surface area contributed by atoms with Gasteiger partial charge in [-0.15, -0.1) is 0 Å². The largest absolute Gasteiger partial charge is 0.478 e. The Bertz CT molecular complexity index is 272. The van der Waals surface area contributed by atoms with Crippen molar-refractivity contribution >= 4 is 17.9 Å². The van der Waals surface area contributed by atoms with Gasteiger partial charge in [-0.3, -0.25) is 0 Å². The van der Waals surface area contributed by atoms with Gasteiger partial charge in [0.25, 0.3) is 0 Å². The molecule has 15 heavy (non-hydrogen) atoms. The van der Waals surface area contributed by atoms with Crippen LogP contribution < -0.4 is 0 Å². The normalized spacial score (nSPS) is 13.8. The van der Waals surface area contributed by atoms with Crippen LogP contribution in [0.1, 0.15) is 27.2 Å². The Balaban J connectivity index is 4.50. The minimum absolute atomic E-state index is 0.0316. The Morgan fingerprint density at radius 1 is 1.20 bits per heavy atom. The van der Waals surface area contributed by atoms with Gasteiger partial charge in [-0.05, 0) is 20.3 Å². The summed E-state index contributed by atoms with van der Waals surface area (Å²) >= 11 is 0. The quantitative estimate of drug-likeness (QED) is 0.540. The number of hydrogen-bond donors (Lipinski definition) is 1. The third kappa shape index (κ3) is 3.57. The van der Waals surface area contributed by atoms with Crippen molar-refractivity contribution in [1.29, 1.82) is 0 Å². The van der Waals surface area contributed by atoms with Crippen molar-refractivity contribution in [3.8, 4) is 0 Å². The maximum atomic E-state index is 11.1. The Morgan fingerprint density at radius 2 is 1.73 bits per heavy atom. The maximum Gasteiger partial charge on any atom is 0.418 e. The van der Waals surface area contributed by atoms with E-state index in [9.17, 15) is 14.4 Å². The number of carboxylic acid groups (broad SMARTS) is 1. The van der Waals surface area contributed by atoms with Crippen LogP contribution in [-0.2, 0) is 23.9 Å². The molecule has 0 aliphatic carbocycles. The van der Waals surface area contributed by atoms with Crippen molar-refractivity contribution in [2.45, 2.75) is 32.8 Å². The lowest BCUT2D eigenvalue weighted by molar-refractivity contribution is -0.185. The molecule has 86 valence electrons. The summed E-state index contributed by atoms with van der Waals surface area (Å²) in [4.78, 5) is 32.7. The first kappa shape index (κ1) is 13.4. The fourth-order valence-electron chi connectivity index (χ4n) is 0.703. The second-order valence-corrected chi connectivity index (χ2v) is 3.00. The molecule has 0 aliphatic rings. The predicted molar refractivity (Wildman–Crippen MR) is 49.1 cm³/mol. The summed E-state index contributed by atoms with van der Waals surface area (Å²) in [6.45, 7) is 4.31. The van der Waals surface area contributed by atoms with Gasteiger partial charge in [-0.1, -0.05) is 6.92 Å². The van der Waals surface area contributed by atoms with E-state index in [0.717, 1.165) is 0 Å². The molecule has 0 amide bonds.